The molecule has 1 heterocycles. The topological polar surface area (TPSA) is 67.4 Å². The van der Waals surface area contributed by atoms with E-state index in [0.29, 0.717) is 22.2 Å². The van der Waals surface area contributed by atoms with E-state index >= 15 is 0 Å². The number of nitrogens with one attached hydrogen (secondary N) is 2. The second-order valence-electron chi connectivity index (χ2n) is 5.31. The zero-order chi connectivity index (χ0) is 15.4. The summed E-state index contributed by atoms with van der Waals surface area (Å²) in [6.45, 7) is 2.96. The predicted molar refractivity (Wildman–Crippen MR) is 81.6 cm³/mol. The highest BCUT2D eigenvalue weighted by atomic mass is 35.5. The van der Waals surface area contributed by atoms with Crippen LogP contribution in [0.2, 0.25) is 5.02 Å². The first kappa shape index (κ1) is 15.8. The Balaban J connectivity index is 2.11. The molecule has 0 radical (unpaired) electrons. The fourth-order valence-corrected chi connectivity index (χ4v) is 2.56. The molecule has 2 atom stereocenters. The second-order valence-corrected chi connectivity index (χ2v) is 5.72. The Morgan fingerprint density at radius 2 is 2.19 bits per heavy atom. The van der Waals surface area contributed by atoms with E-state index in [1.165, 1.54) is 13.2 Å². The molecule has 5 nitrogen and oxygen atoms in total. The molecule has 0 aromatic heterocycles. The van der Waals surface area contributed by atoms with Crippen molar-refractivity contribution in [1.82, 2.24) is 5.32 Å². The largest absolute Gasteiger partial charge is 0.465 e. The van der Waals surface area contributed by atoms with Crippen LogP contribution in [0, 0.1) is 5.92 Å². The number of methoxy groups -OCH3 is 1. The zero-order valence-electron chi connectivity index (χ0n) is 12.1. The number of carbonyl (C=O) groups is 2. The maximum Gasteiger partial charge on any atom is 0.337 e. The lowest BCUT2D eigenvalue weighted by atomic mass is 9.94. The minimum absolute atomic E-state index is 0.134. The average molecular weight is 311 g/mol. The fourth-order valence-electron chi connectivity index (χ4n) is 2.39. The first-order chi connectivity index (χ1) is 10.0. The number of rotatable bonds is 3. The molecule has 0 saturated carbocycles. The molecule has 1 aromatic rings. The van der Waals surface area contributed by atoms with Crippen molar-refractivity contribution in [3.8, 4) is 0 Å². The summed E-state index contributed by atoms with van der Waals surface area (Å²) in [6, 6.07) is 4.43. The van der Waals surface area contributed by atoms with Gasteiger partial charge in [-0.3, -0.25) is 4.79 Å². The van der Waals surface area contributed by atoms with E-state index < -0.39 is 5.97 Å². The van der Waals surface area contributed by atoms with Crippen molar-refractivity contribution >= 4 is 29.2 Å². The molecular weight excluding hydrogens is 292 g/mol. The number of esters is 1. The van der Waals surface area contributed by atoms with Crippen LogP contribution >= 0.6 is 11.6 Å². The van der Waals surface area contributed by atoms with Crippen molar-refractivity contribution in [2.45, 2.75) is 25.8 Å². The lowest BCUT2D eigenvalue weighted by Crippen LogP contribution is -2.45. The van der Waals surface area contributed by atoms with Crippen LogP contribution in [0.3, 0.4) is 0 Å². The minimum Gasteiger partial charge on any atom is -0.465 e. The van der Waals surface area contributed by atoms with E-state index in [1.54, 1.807) is 12.1 Å². The first-order valence-electron chi connectivity index (χ1n) is 6.93. The maximum absolute atomic E-state index is 12.3. The van der Waals surface area contributed by atoms with Gasteiger partial charge in [-0.05, 0) is 43.5 Å². The standard InChI is InChI=1S/C15H19ClN2O3/c1-9-5-6-17-13(7-9)14(19)18-12-8-10(15(20)21-2)3-4-11(12)16/h3-4,8-9,13,17H,5-7H2,1-2H3,(H,18,19). The number of hydrogen-bond donors (Lipinski definition) is 2. The summed E-state index contributed by atoms with van der Waals surface area (Å²) in [7, 11) is 1.31. The third-order valence-corrected chi connectivity index (χ3v) is 3.96. The number of benzene rings is 1. The van der Waals surface area contributed by atoms with Gasteiger partial charge in [-0.2, -0.15) is 0 Å². The van der Waals surface area contributed by atoms with Crippen molar-refractivity contribution in [3.05, 3.63) is 28.8 Å². The number of halogens is 1. The minimum atomic E-state index is -0.466. The van der Waals surface area contributed by atoms with Gasteiger partial charge < -0.3 is 15.4 Å². The summed E-state index contributed by atoms with van der Waals surface area (Å²) < 4.78 is 4.66. The summed E-state index contributed by atoms with van der Waals surface area (Å²) in [5, 5.41) is 6.36. The highest BCUT2D eigenvalue weighted by molar-refractivity contribution is 6.34. The molecule has 2 unspecified atom stereocenters. The van der Waals surface area contributed by atoms with Gasteiger partial charge in [-0.25, -0.2) is 4.79 Å². The molecule has 2 rings (SSSR count). The van der Waals surface area contributed by atoms with E-state index in [-0.39, 0.29) is 11.9 Å². The molecule has 6 heteroatoms. The van der Waals surface area contributed by atoms with Crippen LogP contribution < -0.4 is 10.6 Å². The summed E-state index contributed by atoms with van der Waals surface area (Å²) in [6.07, 6.45) is 1.86. The van der Waals surface area contributed by atoms with Crippen molar-refractivity contribution in [3.63, 3.8) is 0 Å². The molecule has 0 spiro atoms. The van der Waals surface area contributed by atoms with Crippen LogP contribution in [0.4, 0.5) is 5.69 Å². The molecule has 2 N–H and O–H groups in total. The van der Waals surface area contributed by atoms with Gasteiger partial charge in [0.2, 0.25) is 5.91 Å². The van der Waals surface area contributed by atoms with Crippen molar-refractivity contribution in [2.24, 2.45) is 5.92 Å². The monoisotopic (exact) mass is 310 g/mol. The summed E-state index contributed by atoms with van der Waals surface area (Å²) in [5.41, 5.74) is 0.770. The van der Waals surface area contributed by atoms with E-state index in [2.05, 4.69) is 22.3 Å². The Hall–Kier alpha value is -1.59. The van der Waals surface area contributed by atoms with E-state index in [1.807, 2.05) is 0 Å². The third-order valence-electron chi connectivity index (χ3n) is 3.63. The molecule has 1 amide bonds. The van der Waals surface area contributed by atoms with Crippen LogP contribution in [-0.2, 0) is 9.53 Å². The molecule has 114 valence electrons. The van der Waals surface area contributed by atoms with Gasteiger partial charge in [0, 0.05) is 0 Å². The molecule has 1 aliphatic rings. The highest BCUT2D eigenvalue weighted by Crippen LogP contribution is 2.24. The van der Waals surface area contributed by atoms with E-state index in [0.717, 1.165) is 19.4 Å². The lowest BCUT2D eigenvalue weighted by molar-refractivity contribution is -0.119. The predicted octanol–water partition coefficient (Wildman–Crippen LogP) is 2.45. The van der Waals surface area contributed by atoms with Gasteiger partial charge in [0.05, 0.1) is 29.4 Å². The number of anilines is 1. The van der Waals surface area contributed by atoms with E-state index in [4.69, 9.17) is 11.6 Å². The Morgan fingerprint density at radius 1 is 1.43 bits per heavy atom. The molecular formula is C15H19ClN2O3. The Morgan fingerprint density at radius 3 is 2.86 bits per heavy atom. The zero-order valence-corrected chi connectivity index (χ0v) is 12.9. The van der Waals surface area contributed by atoms with Gasteiger partial charge >= 0.3 is 5.97 Å². The van der Waals surface area contributed by atoms with Gasteiger partial charge in [0.1, 0.15) is 0 Å². The molecule has 1 aliphatic heterocycles. The maximum atomic E-state index is 12.3. The average Bonchev–Trinajstić information content (AvgIpc) is 2.48. The SMILES string of the molecule is COC(=O)c1ccc(Cl)c(NC(=O)C2CC(C)CCN2)c1. The first-order valence-corrected chi connectivity index (χ1v) is 7.31. The number of hydrogen-bond acceptors (Lipinski definition) is 4. The summed E-state index contributed by atoms with van der Waals surface area (Å²) in [4.78, 5) is 23.8. The van der Waals surface area contributed by atoms with Crippen LogP contribution in [0.15, 0.2) is 18.2 Å². The van der Waals surface area contributed by atoms with Gasteiger partial charge in [0.15, 0.2) is 0 Å². The van der Waals surface area contributed by atoms with Gasteiger partial charge in [0.25, 0.3) is 0 Å². The van der Waals surface area contributed by atoms with Crippen molar-refractivity contribution < 1.29 is 14.3 Å². The van der Waals surface area contributed by atoms with Crippen LogP contribution in [0.1, 0.15) is 30.1 Å². The Labute approximate surface area is 129 Å². The molecule has 1 aromatic carbocycles. The number of amides is 1. The molecule has 21 heavy (non-hydrogen) atoms. The van der Waals surface area contributed by atoms with Gasteiger partial charge in [-0.1, -0.05) is 18.5 Å². The molecule has 1 saturated heterocycles. The van der Waals surface area contributed by atoms with Gasteiger partial charge in [-0.15, -0.1) is 0 Å². The molecule has 0 bridgehead atoms. The third kappa shape index (κ3) is 3.95. The van der Waals surface area contributed by atoms with Crippen LogP contribution in [0.5, 0.6) is 0 Å². The molecule has 1 fully saturated rings. The number of piperidine rings is 1. The quantitative estimate of drug-likeness (QED) is 0.842. The summed E-state index contributed by atoms with van der Waals surface area (Å²) in [5.74, 6) is -0.0871. The lowest BCUT2D eigenvalue weighted by Gasteiger charge is -2.27. The van der Waals surface area contributed by atoms with Crippen molar-refractivity contribution in [2.75, 3.05) is 19.0 Å². The number of ether oxygens (including phenoxy) is 1. The Kier molecular flexibility index (Phi) is 5.20. The van der Waals surface area contributed by atoms with Crippen LogP contribution in [-0.4, -0.2) is 31.6 Å². The fraction of sp³-hybridized carbons (Fsp3) is 0.467. The normalized spacial score (nSPS) is 21.7. The van der Waals surface area contributed by atoms with Crippen LogP contribution in [0.25, 0.3) is 0 Å². The smallest absolute Gasteiger partial charge is 0.337 e. The molecule has 0 aliphatic carbocycles. The summed E-state index contributed by atoms with van der Waals surface area (Å²) >= 11 is 6.07. The number of carbonyl (C=O) groups excluding carboxylic acids is 2. The van der Waals surface area contributed by atoms with Crippen molar-refractivity contribution in [1.29, 1.82) is 0 Å². The highest BCUT2D eigenvalue weighted by Gasteiger charge is 2.25. The Bertz CT molecular complexity index is 548. The second kappa shape index (κ2) is 6.91. The van der Waals surface area contributed by atoms with E-state index in [9.17, 15) is 9.59 Å².